The maximum Gasteiger partial charge on any atom is 0.264 e. The number of benzene rings is 1. The molecule has 1 atom stereocenters. The molecule has 0 saturated carbocycles. The zero-order chi connectivity index (χ0) is 17.5. The van der Waals surface area contributed by atoms with Crippen LogP contribution in [0, 0.1) is 5.41 Å². The highest BCUT2D eigenvalue weighted by molar-refractivity contribution is 7.85. The van der Waals surface area contributed by atoms with E-state index in [-0.39, 0.29) is 17.2 Å². The van der Waals surface area contributed by atoms with Crippen LogP contribution in [0.2, 0.25) is 5.02 Å². The zero-order valence-corrected chi connectivity index (χ0v) is 15.5. The van der Waals surface area contributed by atoms with E-state index in [1.165, 1.54) is 0 Å². The van der Waals surface area contributed by atoms with Crippen molar-refractivity contribution in [3.63, 3.8) is 0 Å². The van der Waals surface area contributed by atoms with Crippen LogP contribution in [0.4, 0.5) is 0 Å². The van der Waals surface area contributed by atoms with E-state index in [9.17, 15) is 8.42 Å². The molecule has 1 aromatic carbocycles. The molecule has 1 rings (SSSR count). The van der Waals surface area contributed by atoms with Gasteiger partial charge >= 0.3 is 0 Å². The monoisotopic (exact) mass is 359 g/mol. The minimum Gasteiger partial charge on any atom is -0.310 e. The molecule has 0 amide bonds. The Labute approximate surface area is 144 Å². The fourth-order valence-electron chi connectivity index (χ4n) is 2.03. The number of hydrogen-bond acceptors (Lipinski definition) is 3. The Morgan fingerprint density at radius 3 is 2.39 bits per heavy atom. The predicted molar refractivity (Wildman–Crippen MR) is 96.6 cm³/mol. The maximum atomic E-state index is 10.8. The summed E-state index contributed by atoms with van der Waals surface area (Å²) in [6.45, 7) is 6.90. The second kappa shape index (κ2) is 8.83. The van der Waals surface area contributed by atoms with E-state index in [1.54, 1.807) is 0 Å². The lowest BCUT2D eigenvalue weighted by Crippen LogP contribution is -2.31. The largest absolute Gasteiger partial charge is 0.310 e. The first kappa shape index (κ1) is 20.2. The summed E-state index contributed by atoms with van der Waals surface area (Å²) < 4.78 is 30.3. The summed E-state index contributed by atoms with van der Waals surface area (Å²) in [7, 11) is -3.89. The van der Waals surface area contributed by atoms with Gasteiger partial charge in [-0.1, -0.05) is 56.7 Å². The van der Waals surface area contributed by atoms with Crippen LogP contribution in [-0.2, 0) is 16.5 Å². The third-order valence-corrected chi connectivity index (χ3v) is 4.24. The molecule has 0 aliphatic heterocycles. The van der Waals surface area contributed by atoms with Gasteiger partial charge in [0.1, 0.15) is 0 Å². The Morgan fingerprint density at radius 2 is 1.87 bits per heavy atom. The summed E-state index contributed by atoms with van der Waals surface area (Å²) in [6, 6.07) is 7.79. The lowest BCUT2D eigenvalue weighted by molar-refractivity contribution is 0.478. The SMILES string of the molecule is CC(C)(C)/C=C/[C@@H](Cc1ccc(Cl)cc1)NCCCS(=O)(=O)O. The van der Waals surface area contributed by atoms with Crippen molar-refractivity contribution in [1.29, 1.82) is 0 Å². The molecule has 0 unspecified atom stereocenters. The molecule has 4 nitrogen and oxygen atoms in total. The highest BCUT2D eigenvalue weighted by Crippen LogP contribution is 2.16. The minimum absolute atomic E-state index is 0.0777. The van der Waals surface area contributed by atoms with Crippen molar-refractivity contribution in [3.8, 4) is 0 Å². The summed E-state index contributed by atoms with van der Waals surface area (Å²) in [5.41, 5.74) is 1.23. The first-order valence-electron chi connectivity index (χ1n) is 7.67. The molecule has 0 aliphatic rings. The van der Waals surface area contributed by atoms with Crippen molar-refractivity contribution >= 4 is 21.7 Å². The molecular weight excluding hydrogens is 334 g/mol. The summed E-state index contributed by atoms with van der Waals surface area (Å²) in [6.07, 6.45) is 5.42. The molecule has 0 saturated heterocycles. The molecule has 130 valence electrons. The number of rotatable bonds is 8. The summed E-state index contributed by atoms with van der Waals surface area (Å²) in [5, 5.41) is 4.04. The first-order valence-corrected chi connectivity index (χ1v) is 9.66. The lowest BCUT2D eigenvalue weighted by atomic mass is 9.94. The summed E-state index contributed by atoms with van der Waals surface area (Å²) >= 11 is 5.90. The van der Waals surface area contributed by atoms with Gasteiger partial charge in [0.15, 0.2) is 0 Å². The molecule has 1 aromatic rings. The van der Waals surface area contributed by atoms with Crippen molar-refractivity contribution in [2.24, 2.45) is 5.41 Å². The van der Waals surface area contributed by atoms with Gasteiger partial charge in [0, 0.05) is 11.1 Å². The Hall–Kier alpha value is -0.880. The van der Waals surface area contributed by atoms with Crippen LogP contribution in [0.3, 0.4) is 0 Å². The van der Waals surface area contributed by atoms with Crippen molar-refractivity contribution in [3.05, 3.63) is 47.0 Å². The first-order chi connectivity index (χ1) is 10.6. The molecule has 0 heterocycles. The normalized spacial score (nSPS) is 14.3. The van der Waals surface area contributed by atoms with Gasteiger partial charge < -0.3 is 5.32 Å². The van der Waals surface area contributed by atoms with E-state index in [4.69, 9.17) is 16.2 Å². The second-order valence-electron chi connectivity index (χ2n) is 6.76. The van der Waals surface area contributed by atoms with Gasteiger partial charge in [0.25, 0.3) is 10.1 Å². The summed E-state index contributed by atoms with van der Waals surface area (Å²) in [4.78, 5) is 0. The van der Waals surface area contributed by atoms with Gasteiger partial charge in [-0.2, -0.15) is 8.42 Å². The average molecular weight is 360 g/mol. The van der Waals surface area contributed by atoms with Crippen LogP contribution in [0.5, 0.6) is 0 Å². The smallest absolute Gasteiger partial charge is 0.264 e. The van der Waals surface area contributed by atoms with E-state index in [0.717, 1.165) is 12.0 Å². The van der Waals surface area contributed by atoms with Crippen LogP contribution >= 0.6 is 11.6 Å². The van der Waals surface area contributed by atoms with Crippen LogP contribution < -0.4 is 5.32 Å². The second-order valence-corrected chi connectivity index (χ2v) is 8.76. The van der Waals surface area contributed by atoms with Crippen LogP contribution in [0.15, 0.2) is 36.4 Å². The Kier molecular flexibility index (Phi) is 7.74. The van der Waals surface area contributed by atoms with E-state index < -0.39 is 10.1 Å². The fraction of sp³-hybridized carbons (Fsp3) is 0.529. The number of nitrogens with one attached hydrogen (secondary N) is 1. The van der Waals surface area contributed by atoms with Crippen LogP contribution in [0.1, 0.15) is 32.8 Å². The highest BCUT2D eigenvalue weighted by atomic mass is 35.5. The minimum atomic E-state index is -3.89. The van der Waals surface area contributed by atoms with Gasteiger partial charge in [-0.15, -0.1) is 0 Å². The van der Waals surface area contributed by atoms with Crippen molar-refractivity contribution in [1.82, 2.24) is 5.32 Å². The lowest BCUT2D eigenvalue weighted by Gasteiger charge is -2.18. The van der Waals surface area contributed by atoms with Crippen LogP contribution in [0.25, 0.3) is 0 Å². The topological polar surface area (TPSA) is 66.4 Å². The van der Waals surface area contributed by atoms with E-state index in [2.05, 4.69) is 38.2 Å². The molecule has 0 radical (unpaired) electrons. The molecule has 0 bridgehead atoms. The molecule has 23 heavy (non-hydrogen) atoms. The van der Waals surface area contributed by atoms with Crippen molar-refractivity contribution in [2.75, 3.05) is 12.3 Å². The molecule has 0 spiro atoms. The molecule has 0 aliphatic carbocycles. The van der Waals surface area contributed by atoms with E-state index in [0.29, 0.717) is 18.0 Å². The quantitative estimate of drug-likeness (QED) is 0.421. The maximum absolute atomic E-state index is 10.8. The zero-order valence-electron chi connectivity index (χ0n) is 13.9. The van der Waals surface area contributed by atoms with Gasteiger partial charge in [-0.3, -0.25) is 4.55 Å². The number of halogens is 1. The summed E-state index contributed by atoms with van der Waals surface area (Å²) in [5.74, 6) is -0.226. The van der Waals surface area contributed by atoms with Gasteiger partial charge in [-0.05, 0) is 42.5 Å². The van der Waals surface area contributed by atoms with Gasteiger partial charge in [-0.25, -0.2) is 0 Å². The molecular formula is C17H26ClNO3S. The number of allylic oxidation sites excluding steroid dienone is 1. The molecule has 0 aromatic heterocycles. The average Bonchev–Trinajstić information content (AvgIpc) is 2.41. The third-order valence-electron chi connectivity index (χ3n) is 3.18. The highest BCUT2D eigenvalue weighted by Gasteiger charge is 2.10. The van der Waals surface area contributed by atoms with Crippen molar-refractivity contribution in [2.45, 2.75) is 39.7 Å². The van der Waals surface area contributed by atoms with Crippen molar-refractivity contribution < 1.29 is 13.0 Å². The van der Waals surface area contributed by atoms with Gasteiger partial charge in [0.2, 0.25) is 0 Å². The van der Waals surface area contributed by atoms with Gasteiger partial charge in [0.05, 0.1) is 5.75 Å². The number of hydrogen-bond donors (Lipinski definition) is 2. The predicted octanol–water partition coefficient (Wildman–Crippen LogP) is 3.72. The Balaban J connectivity index is 2.65. The van der Waals surface area contributed by atoms with E-state index in [1.807, 2.05) is 24.3 Å². The Bertz CT molecular complexity index is 604. The third kappa shape index (κ3) is 10.5. The fourth-order valence-corrected chi connectivity index (χ4v) is 2.66. The van der Waals surface area contributed by atoms with Crippen LogP contribution in [-0.4, -0.2) is 31.3 Å². The molecule has 2 N–H and O–H groups in total. The van der Waals surface area contributed by atoms with E-state index >= 15 is 0 Å². The molecule has 0 fully saturated rings. The Morgan fingerprint density at radius 1 is 1.26 bits per heavy atom. The standard InChI is InChI=1S/C17H26ClNO3S/c1-17(2,3)10-9-16(19-11-4-12-23(20,21)22)13-14-5-7-15(18)8-6-14/h5-10,16,19H,4,11-13H2,1-3H3,(H,20,21,22)/b10-9+/t16-/m0/s1. The molecule has 6 heteroatoms.